The van der Waals surface area contributed by atoms with Crippen LogP contribution in [0, 0.1) is 5.92 Å². The zero-order valence-electron chi connectivity index (χ0n) is 13.8. The van der Waals surface area contributed by atoms with E-state index < -0.39 is 9.84 Å². The largest absolute Gasteiger partial charge is 0.312 e. The minimum atomic E-state index is -2.91. The van der Waals surface area contributed by atoms with Gasteiger partial charge in [0.05, 0.1) is 11.0 Å². The summed E-state index contributed by atoms with van der Waals surface area (Å²) >= 11 is 0. The first kappa shape index (κ1) is 17.9. The van der Waals surface area contributed by atoms with Gasteiger partial charge in [-0.2, -0.15) is 0 Å². The first-order valence-corrected chi connectivity index (χ1v) is 9.50. The number of sulfone groups is 1. The molecule has 0 radical (unpaired) electrons. The maximum Gasteiger partial charge on any atom is 0.153 e. The Morgan fingerprint density at radius 3 is 2.50 bits per heavy atom. The van der Waals surface area contributed by atoms with Crippen LogP contribution < -0.4 is 5.32 Å². The van der Waals surface area contributed by atoms with Gasteiger partial charge in [0.15, 0.2) is 9.84 Å². The SMILES string of the molecule is CC(C)S(=O)(=O)CCN1CCCC(CNC(C)(C)C)C1. The Hall–Kier alpha value is -0.130. The van der Waals surface area contributed by atoms with Crippen molar-refractivity contribution in [2.45, 2.75) is 58.2 Å². The molecule has 1 unspecified atom stereocenters. The van der Waals surface area contributed by atoms with Crippen LogP contribution in [0.1, 0.15) is 47.5 Å². The van der Waals surface area contributed by atoms with E-state index in [4.69, 9.17) is 0 Å². The van der Waals surface area contributed by atoms with E-state index in [0.29, 0.717) is 18.2 Å². The van der Waals surface area contributed by atoms with E-state index in [-0.39, 0.29) is 10.8 Å². The lowest BCUT2D eigenvalue weighted by Crippen LogP contribution is -2.45. The van der Waals surface area contributed by atoms with E-state index in [1.54, 1.807) is 13.8 Å². The zero-order valence-corrected chi connectivity index (χ0v) is 14.6. The number of rotatable bonds is 6. The Bertz CT molecular complexity index is 385. The fourth-order valence-electron chi connectivity index (χ4n) is 2.46. The van der Waals surface area contributed by atoms with E-state index >= 15 is 0 Å². The lowest BCUT2D eigenvalue weighted by molar-refractivity contribution is 0.174. The monoisotopic (exact) mass is 304 g/mol. The Labute approximate surface area is 125 Å². The summed E-state index contributed by atoms with van der Waals surface area (Å²) in [7, 11) is -2.91. The van der Waals surface area contributed by atoms with Crippen LogP contribution in [0.5, 0.6) is 0 Å². The van der Waals surface area contributed by atoms with Gasteiger partial charge in [-0.25, -0.2) is 8.42 Å². The molecule has 0 spiro atoms. The van der Waals surface area contributed by atoms with Crippen molar-refractivity contribution in [3.63, 3.8) is 0 Å². The van der Waals surface area contributed by atoms with Crippen LogP contribution in [0.3, 0.4) is 0 Å². The molecule has 1 rings (SSSR count). The molecule has 1 aliphatic rings. The van der Waals surface area contributed by atoms with Crippen molar-refractivity contribution in [2.24, 2.45) is 5.92 Å². The van der Waals surface area contributed by atoms with E-state index in [1.165, 1.54) is 12.8 Å². The molecule has 20 heavy (non-hydrogen) atoms. The van der Waals surface area contributed by atoms with Gasteiger partial charge in [0.1, 0.15) is 0 Å². The topological polar surface area (TPSA) is 49.4 Å². The average Bonchev–Trinajstić information content (AvgIpc) is 2.34. The smallest absolute Gasteiger partial charge is 0.153 e. The molecule has 120 valence electrons. The van der Waals surface area contributed by atoms with Crippen molar-refractivity contribution < 1.29 is 8.42 Å². The molecule has 0 bridgehead atoms. The molecule has 1 saturated heterocycles. The third-order valence-corrected chi connectivity index (χ3v) is 6.12. The van der Waals surface area contributed by atoms with Crippen LogP contribution >= 0.6 is 0 Å². The summed E-state index contributed by atoms with van der Waals surface area (Å²) in [6, 6.07) is 0. The lowest BCUT2D eigenvalue weighted by atomic mass is 9.96. The first-order chi connectivity index (χ1) is 9.10. The van der Waals surface area contributed by atoms with Crippen molar-refractivity contribution in [2.75, 3.05) is 31.9 Å². The number of nitrogens with one attached hydrogen (secondary N) is 1. The Balaban J connectivity index is 2.38. The Kier molecular flexibility index (Phi) is 6.48. The number of hydrogen-bond donors (Lipinski definition) is 1. The van der Waals surface area contributed by atoms with Crippen molar-refractivity contribution in [1.29, 1.82) is 0 Å². The number of piperidine rings is 1. The van der Waals surface area contributed by atoms with Crippen LogP contribution in [0.4, 0.5) is 0 Å². The molecule has 0 aliphatic carbocycles. The summed E-state index contributed by atoms with van der Waals surface area (Å²) < 4.78 is 23.7. The molecular formula is C15H32N2O2S. The fourth-order valence-corrected chi connectivity index (χ4v) is 3.45. The van der Waals surface area contributed by atoms with Crippen LogP contribution in [-0.4, -0.2) is 56.0 Å². The van der Waals surface area contributed by atoms with Crippen LogP contribution in [0.25, 0.3) is 0 Å². The van der Waals surface area contributed by atoms with E-state index in [0.717, 1.165) is 19.6 Å². The predicted molar refractivity (Wildman–Crippen MR) is 85.8 cm³/mol. The highest BCUT2D eigenvalue weighted by atomic mass is 32.2. The highest BCUT2D eigenvalue weighted by Gasteiger charge is 2.23. The third-order valence-electron chi connectivity index (χ3n) is 3.93. The second-order valence-electron chi connectivity index (χ2n) is 7.36. The first-order valence-electron chi connectivity index (χ1n) is 7.79. The minimum absolute atomic E-state index is 0.156. The molecule has 0 saturated carbocycles. The van der Waals surface area contributed by atoms with Gasteiger partial charge < -0.3 is 10.2 Å². The summed E-state index contributed by atoms with van der Waals surface area (Å²) in [5.41, 5.74) is 0.156. The van der Waals surface area contributed by atoms with Gasteiger partial charge in [-0.05, 0) is 66.5 Å². The molecule has 0 aromatic rings. The summed E-state index contributed by atoms with van der Waals surface area (Å²) in [6.45, 7) is 13.9. The van der Waals surface area contributed by atoms with E-state index in [1.807, 2.05) is 0 Å². The molecular weight excluding hydrogens is 272 g/mol. The van der Waals surface area contributed by atoms with Crippen molar-refractivity contribution >= 4 is 9.84 Å². The zero-order chi connectivity index (χ0) is 15.4. The normalized spacial score (nSPS) is 22.4. The van der Waals surface area contributed by atoms with Crippen molar-refractivity contribution in [3.05, 3.63) is 0 Å². The summed E-state index contributed by atoms with van der Waals surface area (Å²) in [5.74, 6) is 0.939. The Morgan fingerprint density at radius 1 is 1.30 bits per heavy atom. The van der Waals surface area contributed by atoms with Gasteiger partial charge in [-0.3, -0.25) is 0 Å². The second-order valence-corrected chi connectivity index (χ2v) is 10.0. The third kappa shape index (κ3) is 6.55. The predicted octanol–water partition coefficient (Wildman–Crippen LogP) is 1.91. The molecule has 1 atom stereocenters. The summed E-state index contributed by atoms with van der Waals surface area (Å²) in [4.78, 5) is 2.32. The molecule has 1 heterocycles. The summed E-state index contributed by atoms with van der Waals surface area (Å²) in [5, 5.41) is 3.30. The summed E-state index contributed by atoms with van der Waals surface area (Å²) in [6.07, 6.45) is 2.43. The quantitative estimate of drug-likeness (QED) is 0.814. The number of hydrogen-bond acceptors (Lipinski definition) is 4. The molecule has 1 aliphatic heterocycles. The van der Waals surface area contributed by atoms with Crippen LogP contribution in [-0.2, 0) is 9.84 Å². The van der Waals surface area contributed by atoms with Gasteiger partial charge in [0.25, 0.3) is 0 Å². The highest BCUT2D eigenvalue weighted by molar-refractivity contribution is 7.92. The van der Waals surface area contributed by atoms with Crippen molar-refractivity contribution in [3.8, 4) is 0 Å². The molecule has 5 heteroatoms. The van der Waals surface area contributed by atoms with Gasteiger partial charge in [-0.15, -0.1) is 0 Å². The standard InChI is InChI=1S/C15H32N2O2S/c1-13(2)20(18,19)10-9-17-8-6-7-14(12-17)11-16-15(3,4)5/h13-14,16H,6-12H2,1-5H3. The maximum absolute atomic E-state index is 11.9. The van der Waals surface area contributed by atoms with Gasteiger partial charge in [0, 0.05) is 18.6 Å². The minimum Gasteiger partial charge on any atom is -0.312 e. The highest BCUT2D eigenvalue weighted by Crippen LogP contribution is 2.17. The molecule has 0 amide bonds. The van der Waals surface area contributed by atoms with Gasteiger partial charge in [-0.1, -0.05) is 0 Å². The lowest BCUT2D eigenvalue weighted by Gasteiger charge is -2.34. The molecule has 0 aromatic heterocycles. The molecule has 1 N–H and O–H groups in total. The molecule has 1 fully saturated rings. The van der Waals surface area contributed by atoms with Gasteiger partial charge in [0.2, 0.25) is 0 Å². The molecule has 4 nitrogen and oxygen atoms in total. The van der Waals surface area contributed by atoms with Crippen LogP contribution in [0.15, 0.2) is 0 Å². The van der Waals surface area contributed by atoms with Crippen molar-refractivity contribution in [1.82, 2.24) is 10.2 Å². The maximum atomic E-state index is 11.9. The van der Waals surface area contributed by atoms with Gasteiger partial charge >= 0.3 is 0 Å². The average molecular weight is 305 g/mol. The number of nitrogens with zero attached hydrogens (tertiary/aromatic N) is 1. The fraction of sp³-hybridized carbons (Fsp3) is 1.00. The molecule has 0 aromatic carbocycles. The second kappa shape index (κ2) is 7.23. The van der Waals surface area contributed by atoms with Crippen LogP contribution in [0.2, 0.25) is 0 Å². The Morgan fingerprint density at radius 2 is 1.95 bits per heavy atom. The van der Waals surface area contributed by atoms with E-state index in [9.17, 15) is 8.42 Å². The van der Waals surface area contributed by atoms with E-state index in [2.05, 4.69) is 31.0 Å². The number of likely N-dealkylation sites (tertiary alicyclic amines) is 1.